The summed E-state index contributed by atoms with van der Waals surface area (Å²) in [4.78, 5) is 0. The molecule has 0 aromatic heterocycles. The first-order valence-electron chi connectivity index (χ1n) is 9.49. The van der Waals surface area contributed by atoms with Gasteiger partial charge in [-0.2, -0.15) is 0 Å². The maximum atomic E-state index is 3.95. The summed E-state index contributed by atoms with van der Waals surface area (Å²) in [5, 5.41) is 3.95. The van der Waals surface area contributed by atoms with Gasteiger partial charge in [-0.25, -0.2) is 0 Å². The average Bonchev–Trinajstić information content (AvgIpc) is 3.06. The van der Waals surface area contributed by atoms with E-state index in [0.717, 1.165) is 35.6 Å². The van der Waals surface area contributed by atoms with Crippen molar-refractivity contribution in [2.45, 2.75) is 84.1 Å². The Morgan fingerprint density at radius 1 is 1.05 bits per heavy atom. The zero-order valence-electron chi connectivity index (χ0n) is 13.7. The largest absolute Gasteiger partial charge is 0.314 e. The van der Waals surface area contributed by atoms with Crippen LogP contribution in [0.2, 0.25) is 0 Å². The molecule has 1 N–H and O–H groups in total. The van der Waals surface area contributed by atoms with Gasteiger partial charge in [0.1, 0.15) is 0 Å². The van der Waals surface area contributed by atoms with Crippen LogP contribution >= 0.6 is 0 Å². The van der Waals surface area contributed by atoms with Crippen molar-refractivity contribution in [2.75, 3.05) is 6.54 Å². The number of fused-ring (bicyclic) bond motifs is 2. The number of hydrogen-bond acceptors (Lipinski definition) is 1. The van der Waals surface area contributed by atoms with Crippen LogP contribution in [0.3, 0.4) is 0 Å². The van der Waals surface area contributed by atoms with Crippen molar-refractivity contribution in [2.24, 2.45) is 29.6 Å². The van der Waals surface area contributed by atoms with Gasteiger partial charge in [0.15, 0.2) is 0 Å². The van der Waals surface area contributed by atoms with E-state index in [0.29, 0.717) is 0 Å². The lowest BCUT2D eigenvalue weighted by molar-refractivity contribution is 0.179. The van der Waals surface area contributed by atoms with Crippen LogP contribution in [0.4, 0.5) is 0 Å². The van der Waals surface area contributed by atoms with Crippen molar-refractivity contribution in [3.8, 4) is 0 Å². The van der Waals surface area contributed by atoms with Crippen LogP contribution in [-0.4, -0.2) is 12.6 Å². The normalized spacial score (nSPS) is 42.0. The highest BCUT2D eigenvalue weighted by molar-refractivity contribution is 4.93. The Hall–Kier alpha value is -0.0400. The number of hydrogen-bond donors (Lipinski definition) is 1. The van der Waals surface area contributed by atoms with E-state index < -0.39 is 0 Å². The third-order valence-electron chi connectivity index (χ3n) is 6.64. The second kappa shape index (κ2) is 6.81. The summed E-state index contributed by atoms with van der Waals surface area (Å²) in [6.45, 7) is 6.02. The molecule has 3 fully saturated rings. The van der Waals surface area contributed by atoms with Gasteiger partial charge in [-0.15, -0.1) is 0 Å². The van der Waals surface area contributed by atoms with Gasteiger partial charge in [-0.3, -0.25) is 0 Å². The van der Waals surface area contributed by atoms with Gasteiger partial charge in [0, 0.05) is 6.04 Å². The summed E-state index contributed by atoms with van der Waals surface area (Å²) in [6, 6.07) is 0.835. The van der Waals surface area contributed by atoms with Crippen molar-refractivity contribution in [1.29, 1.82) is 0 Å². The topological polar surface area (TPSA) is 12.0 Å². The molecular weight excluding hydrogens is 242 g/mol. The molecule has 116 valence electrons. The molecule has 1 nitrogen and oxygen atoms in total. The van der Waals surface area contributed by atoms with E-state index in [1.165, 1.54) is 45.1 Å². The molecule has 2 bridgehead atoms. The predicted octanol–water partition coefficient (Wildman–Crippen LogP) is 5.01. The second-order valence-corrected chi connectivity index (χ2v) is 8.26. The molecule has 0 aliphatic heterocycles. The summed E-state index contributed by atoms with van der Waals surface area (Å²) >= 11 is 0. The molecule has 3 saturated carbocycles. The van der Waals surface area contributed by atoms with E-state index in [2.05, 4.69) is 19.2 Å². The maximum absolute atomic E-state index is 3.95. The highest BCUT2D eigenvalue weighted by Gasteiger charge is 2.41. The summed E-state index contributed by atoms with van der Waals surface area (Å²) in [7, 11) is 0. The van der Waals surface area contributed by atoms with Crippen molar-refractivity contribution < 1.29 is 0 Å². The molecule has 0 radical (unpaired) electrons. The van der Waals surface area contributed by atoms with E-state index in [4.69, 9.17) is 0 Å². The molecular formula is C19H35N. The minimum atomic E-state index is 0.835. The first-order valence-corrected chi connectivity index (χ1v) is 9.49. The Balaban J connectivity index is 1.57. The molecule has 3 aliphatic carbocycles. The first kappa shape index (κ1) is 14.9. The van der Waals surface area contributed by atoms with Crippen LogP contribution in [0.15, 0.2) is 0 Å². The van der Waals surface area contributed by atoms with E-state index in [1.54, 1.807) is 25.7 Å². The van der Waals surface area contributed by atoms with Gasteiger partial charge in [-0.05, 0) is 81.1 Å². The van der Waals surface area contributed by atoms with Gasteiger partial charge >= 0.3 is 0 Å². The van der Waals surface area contributed by atoms with Crippen LogP contribution in [0.1, 0.15) is 78.1 Å². The summed E-state index contributed by atoms with van der Waals surface area (Å²) in [6.07, 6.45) is 15.0. The van der Waals surface area contributed by atoms with Crippen LogP contribution in [0, 0.1) is 29.6 Å². The molecule has 0 aromatic carbocycles. The van der Waals surface area contributed by atoms with Crippen LogP contribution in [0.5, 0.6) is 0 Å². The van der Waals surface area contributed by atoms with Crippen molar-refractivity contribution in [3.05, 3.63) is 0 Å². The lowest BCUT2D eigenvalue weighted by Gasteiger charge is -2.36. The lowest BCUT2D eigenvalue weighted by atomic mass is 9.74. The van der Waals surface area contributed by atoms with E-state index in [1.807, 2.05) is 0 Å². The Bertz CT molecular complexity index is 300. The third-order valence-corrected chi connectivity index (χ3v) is 6.64. The van der Waals surface area contributed by atoms with Gasteiger partial charge in [0.25, 0.3) is 0 Å². The summed E-state index contributed by atoms with van der Waals surface area (Å²) < 4.78 is 0. The van der Waals surface area contributed by atoms with Crippen molar-refractivity contribution >= 4 is 0 Å². The van der Waals surface area contributed by atoms with Crippen LogP contribution in [-0.2, 0) is 0 Å². The SMILES string of the molecule is CCCNC(CC1CC2CCC1C2)C1CCCC(C)C1. The molecule has 0 aromatic rings. The third kappa shape index (κ3) is 3.40. The molecule has 1 heteroatoms. The van der Waals surface area contributed by atoms with Gasteiger partial charge < -0.3 is 5.32 Å². The molecule has 3 rings (SSSR count). The minimum absolute atomic E-state index is 0.835. The minimum Gasteiger partial charge on any atom is -0.314 e. The van der Waals surface area contributed by atoms with E-state index in [-0.39, 0.29) is 0 Å². The Morgan fingerprint density at radius 3 is 2.60 bits per heavy atom. The molecule has 0 saturated heterocycles. The predicted molar refractivity (Wildman–Crippen MR) is 86.8 cm³/mol. The fourth-order valence-electron chi connectivity index (χ4n) is 5.61. The highest BCUT2D eigenvalue weighted by Crippen LogP contribution is 2.50. The quantitative estimate of drug-likeness (QED) is 0.720. The smallest absolute Gasteiger partial charge is 0.00981 e. The van der Waals surface area contributed by atoms with Crippen LogP contribution < -0.4 is 5.32 Å². The Labute approximate surface area is 126 Å². The molecule has 6 unspecified atom stereocenters. The summed E-state index contributed by atoms with van der Waals surface area (Å²) in [5.41, 5.74) is 0. The average molecular weight is 277 g/mol. The lowest BCUT2D eigenvalue weighted by Crippen LogP contribution is -2.40. The molecule has 0 heterocycles. The number of rotatable bonds is 6. The Kier molecular flexibility index (Phi) is 5.07. The molecule has 3 aliphatic rings. The van der Waals surface area contributed by atoms with Gasteiger partial charge in [-0.1, -0.05) is 33.1 Å². The molecule has 0 amide bonds. The van der Waals surface area contributed by atoms with Crippen LogP contribution in [0.25, 0.3) is 0 Å². The van der Waals surface area contributed by atoms with Crippen molar-refractivity contribution in [1.82, 2.24) is 5.32 Å². The Morgan fingerprint density at radius 2 is 1.95 bits per heavy atom. The highest BCUT2D eigenvalue weighted by atomic mass is 14.9. The monoisotopic (exact) mass is 277 g/mol. The number of nitrogens with one attached hydrogen (secondary N) is 1. The zero-order valence-corrected chi connectivity index (χ0v) is 13.7. The van der Waals surface area contributed by atoms with Crippen molar-refractivity contribution in [3.63, 3.8) is 0 Å². The fraction of sp³-hybridized carbons (Fsp3) is 1.00. The van der Waals surface area contributed by atoms with Gasteiger partial charge in [0.05, 0.1) is 0 Å². The first-order chi connectivity index (χ1) is 9.76. The van der Waals surface area contributed by atoms with E-state index >= 15 is 0 Å². The zero-order chi connectivity index (χ0) is 13.9. The standard InChI is InChI=1S/C19H35N/c1-3-9-20-19(17-6-4-5-14(2)10-17)13-18-12-15-7-8-16(18)11-15/h14-20H,3-13H2,1-2H3. The van der Waals surface area contributed by atoms with E-state index in [9.17, 15) is 0 Å². The van der Waals surface area contributed by atoms with Gasteiger partial charge in [0.2, 0.25) is 0 Å². The molecule has 20 heavy (non-hydrogen) atoms. The second-order valence-electron chi connectivity index (χ2n) is 8.26. The molecule has 6 atom stereocenters. The molecule has 0 spiro atoms. The fourth-order valence-corrected chi connectivity index (χ4v) is 5.61. The summed E-state index contributed by atoms with van der Waals surface area (Å²) in [5.74, 6) is 5.23. The maximum Gasteiger partial charge on any atom is 0.00981 e.